The smallest absolute Gasteiger partial charge is 0.261 e. The van der Waals surface area contributed by atoms with Gasteiger partial charge in [-0.2, -0.15) is 0 Å². The van der Waals surface area contributed by atoms with Crippen molar-refractivity contribution < 1.29 is 4.79 Å². The number of aromatic nitrogens is 5. The Hall–Kier alpha value is -2.98. The number of carbonyl (C=O) groups is 1. The SMILES string of the molecule is NC(=O)Cn1c(CSc2nnc(Cc3cccs3)n2C2CCCCC2)nc2ccccc2c1=O. The van der Waals surface area contributed by atoms with Crippen molar-refractivity contribution >= 4 is 39.9 Å². The Morgan fingerprint density at radius 3 is 2.68 bits per heavy atom. The van der Waals surface area contributed by atoms with Gasteiger partial charge in [0.05, 0.1) is 16.7 Å². The van der Waals surface area contributed by atoms with Crippen LogP contribution >= 0.6 is 23.1 Å². The molecule has 1 aromatic carbocycles. The predicted octanol–water partition coefficient (Wildman–Crippen LogP) is 3.92. The largest absolute Gasteiger partial charge is 0.368 e. The minimum atomic E-state index is -0.575. The van der Waals surface area contributed by atoms with E-state index in [9.17, 15) is 9.59 Å². The summed E-state index contributed by atoms with van der Waals surface area (Å²) < 4.78 is 3.67. The lowest BCUT2D eigenvalue weighted by Crippen LogP contribution is -2.31. The standard InChI is InChI=1S/C24H26N6O2S2/c25-20(31)14-29-22(26-19-11-5-4-10-18(19)23(29)32)15-34-24-28-27-21(13-17-9-6-12-33-17)30(24)16-7-2-1-3-8-16/h4-6,9-12,16H,1-3,7-8,13-15H2,(H2,25,31). The average Bonchev–Trinajstić information content (AvgIpc) is 3.50. The summed E-state index contributed by atoms with van der Waals surface area (Å²) in [7, 11) is 0. The summed E-state index contributed by atoms with van der Waals surface area (Å²) in [5.74, 6) is 1.29. The van der Waals surface area contributed by atoms with Crippen LogP contribution in [0.5, 0.6) is 0 Å². The highest BCUT2D eigenvalue weighted by Gasteiger charge is 2.24. The third-order valence-corrected chi connectivity index (χ3v) is 7.99. The van der Waals surface area contributed by atoms with Crippen LogP contribution in [0, 0.1) is 0 Å². The lowest BCUT2D eigenvalue weighted by atomic mass is 9.95. The molecule has 1 amide bonds. The van der Waals surface area contributed by atoms with Crippen LogP contribution < -0.4 is 11.3 Å². The van der Waals surface area contributed by atoms with E-state index >= 15 is 0 Å². The van der Waals surface area contributed by atoms with E-state index in [-0.39, 0.29) is 12.1 Å². The Kier molecular flexibility index (Phi) is 6.77. The molecule has 0 spiro atoms. The molecule has 2 N–H and O–H groups in total. The number of hydrogen-bond acceptors (Lipinski definition) is 7. The van der Waals surface area contributed by atoms with Crippen molar-refractivity contribution in [1.82, 2.24) is 24.3 Å². The van der Waals surface area contributed by atoms with Crippen LogP contribution in [0.3, 0.4) is 0 Å². The molecule has 1 aliphatic rings. The molecule has 5 rings (SSSR count). The van der Waals surface area contributed by atoms with E-state index in [0.29, 0.717) is 28.5 Å². The van der Waals surface area contributed by atoms with Gasteiger partial charge < -0.3 is 10.3 Å². The number of amides is 1. The van der Waals surface area contributed by atoms with Gasteiger partial charge in [-0.1, -0.05) is 49.2 Å². The number of hydrogen-bond donors (Lipinski definition) is 1. The van der Waals surface area contributed by atoms with E-state index in [2.05, 4.69) is 32.3 Å². The molecule has 1 aliphatic carbocycles. The lowest BCUT2D eigenvalue weighted by molar-refractivity contribution is -0.118. The fraction of sp³-hybridized carbons (Fsp3) is 0.375. The number of thiophene rings is 1. The van der Waals surface area contributed by atoms with E-state index in [0.717, 1.165) is 30.2 Å². The van der Waals surface area contributed by atoms with Crippen molar-refractivity contribution in [2.75, 3.05) is 0 Å². The first-order valence-corrected chi connectivity index (χ1v) is 13.3. The van der Waals surface area contributed by atoms with Gasteiger partial charge in [0, 0.05) is 17.3 Å². The van der Waals surface area contributed by atoms with Crippen LogP contribution in [0.1, 0.15) is 54.7 Å². The molecule has 0 aliphatic heterocycles. The van der Waals surface area contributed by atoms with Crippen LogP contribution in [0.15, 0.2) is 51.7 Å². The molecule has 0 atom stereocenters. The van der Waals surface area contributed by atoms with Crippen LogP contribution in [0.2, 0.25) is 0 Å². The van der Waals surface area contributed by atoms with Crippen molar-refractivity contribution in [3.05, 3.63) is 68.7 Å². The van der Waals surface area contributed by atoms with Gasteiger partial charge in [-0.25, -0.2) is 4.98 Å². The number of fused-ring (bicyclic) bond motifs is 1. The summed E-state index contributed by atoms with van der Waals surface area (Å²) in [5.41, 5.74) is 5.79. The first-order chi connectivity index (χ1) is 16.6. The average molecular weight is 495 g/mol. The molecule has 34 heavy (non-hydrogen) atoms. The maximum absolute atomic E-state index is 13.1. The molecule has 0 unspecified atom stereocenters. The number of carbonyl (C=O) groups excluding carboxylic acids is 1. The Labute approximate surface area is 205 Å². The Morgan fingerprint density at radius 2 is 1.91 bits per heavy atom. The molecule has 1 saturated carbocycles. The van der Waals surface area contributed by atoms with Gasteiger partial charge in [0.2, 0.25) is 5.91 Å². The Morgan fingerprint density at radius 1 is 1.09 bits per heavy atom. The fourth-order valence-corrected chi connectivity index (χ4v) is 6.25. The van der Waals surface area contributed by atoms with Crippen molar-refractivity contribution in [3.63, 3.8) is 0 Å². The molecule has 3 heterocycles. The van der Waals surface area contributed by atoms with Crippen molar-refractivity contribution in [3.8, 4) is 0 Å². The second-order valence-electron chi connectivity index (χ2n) is 8.51. The molecule has 8 nitrogen and oxygen atoms in total. The number of nitrogens with two attached hydrogens (primary N) is 1. The summed E-state index contributed by atoms with van der Waals surface area (Å²) in [6.07, 6.45) is 6.66. The van der Waals surface area contributed by atoms with Gasteiger partial charge in [-0.3, -0.25) is 14.2 Å². The van der Waals surface area contributed by atoms with E-state index in [4.69, 9.17) is 10.7 Å². The van der Waals surface area contributed by atoms with Crippen molar-refractivity contribution in [2.24, 2.45) is 5.73 Å². The zero-order chi connectivity index (χ0) is 23.5. The van der Waals surface area contributed by atoms with Crippen LogP contribution in [0.4, 0.5) is 0 Å². The third kappa shape index (κ3) is 4.78. The summed E-state index contributed by atoms with van der Waals surface area (Å²) >= 11 is 3.23. The first kappa shape index (κ1) is 22.8. The van der Waals surface area contributed by atoms with Gasteiger partial charge in [-0.15, -0.1) is 21.5 Å². The van der Waals surface area contributed by atoms with Crippen LogP contribution in [-0.4, -0.2) is 30.2 Å². The monoisotopic (exact) mass is 494 g/mol. The van der Waals surface area contributed by atoms with Crippen molar-refractivity contribution in [2.45, 2.75) is 62.0 Å². The molecular formula is C24H26N6O2S2. The van der Waals surface area contributed by atoms with Gasteiger partial charge in [0.1, 0.15) is 18.2 Å². The molecule has 3 aromatic heterocycles. The zero-order valence-electron chi connectivity index (χ0n) is 18.7. The van der Waals surface area contributed by atoms with Gasteiger partial charge in [-0.05, 0) is 36.4 Å². The molecule has 10 heteroatoms. The number of primary amides is 1. The maximum Gasteiger partial charge on any atom is 0.261 e. The molecule has 0 bridgehead atoms. The Bertz CT molecular complexity index is 1360. The molecule has 176 valence electrons. The molecular weight excluding hydrogens is 468 g/mol. The van der Waals surface area contributed by atoms with E-state index < -0.39 is 5.91 Å². The van der Waals surface area contributed by atoms with Gasteiger partial charge >= 0.3 is 0 Å². The normalized spacial score (nSPS) is 14.6. The highest BCUT2D eigenvalue weighted by atomic mass is 32.2. The van der Waals surface area contributed by atoms with Gasteiger partial charge in [0.25, 0.3) is 5.56 Å². The van der Waals surface area contributed by atoms with Crippen molar-refractivity contribution in [1.29, 1.82) is 0 Å². The summed E-state index contributed by atoms with van der Waals surface area (Å²) in [6, 6.07) is 11.7. The van der Waals surface area contributed by atoms with E-state index in [1.165, 1.54) is 40.5 Å². The number of benzene rings is 1. The van der Waals surface area contributed by atoms with Crippen LogP contribution in [-0.2, 0) is 23.5 Å². The van der Waals surface area contributed by atoms with E-state index in [1.54, 1.807) is 23.5 Å². The lowest BCUT2D eigenvalue weighted by Gasteiger charge is -2.25. The second kappa shape index (κ2) is 10.1. The maximum atomic E-state index is 13.1. The minimum Gasteiger partial charge on any atom is -0.368 e. The molecule has 0 radical (unpaired) electrons. The number of nitrogens with zero attached hydrogens (tertiary/aromatic N) is 5. The number of rotatable bonds is 8. The predicted molar refractivity (Wildman–Crippen MR) is 134 cm³/mol. The van der Waals surface area contributed by atoms with Gasteiger partial charge in [0.15, 0.2) is 5.16 Å². The van der Waals surface area contributed by atoms with E-state index in [1.807, 2.05) is 12.1 Å². The highest BCUT2D eigenvalue weighted by molar-refractivity contribution is 7.98. The molecule has 4 aromatic rings. The molecule has 0 saturated heterocycles. The number of thioether (sulfide) groups is 1. The zero-order valence-corrected chi connectivity index (χ0v) is 20.4. The highest BCUT2D eigenvalue weighted by Crippen LogP contribution is 2.34. The van der Waals surface area contributed by atoms with Crippen LogP contribution in [0.25, 0.3) is 10.9 Å². The fourth-order valence-electron chi connectivity index (χ4n) is 4.57. The Balaban J connectivity index is 1.48. The quantitative estimate of drug-likeness (QED) is 0.372. The summed E-state index contributed by atoms with van der Waals surface area (Å²) in [5, 5.41) is 12.5. The molecule has 1 fully saturated rings. The summed E-state index contributed by atoms with van der Waals surface area (Å²) in [6.45, 7) is -0.203. The summed E-state index contributed by atoms with van der Waals surface area (Å²) in [4.78, 5) is 30.7. The second-order valence-corrected chi connectivity index (χ2v) is 10.5. The first-order valence-electron chi connectivity index (χ1n) is 11.5. The minimum absolute atomic E-state index is 0.203. The topological polar surface area (TPSA) is 109 Å². The third-order valence-electron chi connectivity index (χ3n) is 6.17. The number of para-hydroxylation sites is 1.